The molecule has 1 aromatic rings. The smallest absolute Gasteiger partial charge is 0.305 e. The SMILES string of the molecule is COc1ccc(N(C)C(C)CC(=O)O)c(Cl)c1. The van der Waals surface area contributed by atoms with Crippen molar-refractivity contribution in [3.8, 4) is 5.75 Å². The quantitative estimate of drug-likeness (QED) is 0.881. The first kappa shape index (κ1) is 13.6. The first-order valence-electron chi connectivity index (χ1n) is 5.24. The number of hydrogen-bond acceptors (Lipinski definition) is 3. The van der Waals surface area contributed by atoms with Crippen molar-refractivity contribution >= 4 is 23.3 Å². The summed E-state index contributed by atoms with van der Waals surface area (Å²) in [5, 5.41) is 9.30. The summed E-state index contributed by atoms with van der Waals surface area (Å²) in [6.45, 7) is 1.84. The molecule has 0 aliphatic carbocycles. The predicted molar refractivity (Wildman–Crippen MR) is 68.1 cm³/mol. The van der Waals surface area contributed by atoms with Crippen LogP contribution in [0.5, 0.6) is 5.75 Å². The van der Waals surface area contributed by atoms with Gasteiger partial charge < -0.3 is 14.7 Å². The van der Waals surface area contributed by atoms with Crippen LogP contribution in [0, 0.1) is 0 Å². The van der Waals surface area contributed by atoms with Crippen molar-refractivity contribution in [1.82, 2.24) is 0 Å². The summed E-state index contributed by atoms with van der Waals surface area (Å²) in [6, 6.07) is 5.20. The highest BCUT2D eigenvalue weighted by Gasteiger charge is 2.16. The van der Waals surface area contributed by atoms with E-state index in [0.29, 0.717) is 10.8 Å². The van der Waals surface area contributed by atoms with Crippen LogP contribution < -0.4 is 9.64 Å². The molecule has 1 atom stereocenters. The lowest BCUT2D eigenvalue weighted by atomic mass is 10.2. The van der Waals surface area contributed by atoms with Crippen LogP contribution in [0.25, 0.3) is 0 Å². The molecule has 0 aliphatic heterocycles. The van der Waals surface area contributed by atoms with Crippen molar-refractivity contribution in [3.63, 3.8) is 0 Å². The molecule has 1 rings (SSSR count). The number of hydrogen-bond donors (Lipinski definition) is 1. The Balaban J connectivity index is 2.88. The summed E-state index contributed by atoms with van der Waals surface area (Å²) in [5.74, 6) is -0.146. The molecule has 0 radical (unpaired) electrons. The number of halogens is 1. The summed E-state index contributed by atoms with van der Waals surface area (Å²) in [4.78, 5) is 12.5. The fraction of sp³-hybridized carbons (Fsp3) is 0.417. The van der Waals surface area contributed by atoms with Crippen molar-refractivity contribution < 1.29 is 14.6 Å². The van der Waals surface area contributed by atoms with E-state index in [1.807, 2.05) is 24.9 Å². The summed E-state index contributed by atoms with van der Waals surface area (Å²) in [6.07, 6.45) is 0.0683. The molecule has 17 heavy (non-hydrogen) atoms. The maximum absolute atomic E-state index is 10.7. The van der Waals surface area contributed by atoms with Crippen molar-refractivity contribution in [2.24, 2.45) is 0 Å². The second-order valence-corrected chi connectivity index (χ2v) is 4.28. The highest BCUT2D eigenvalue weighted by Crippen LogP contribution is 2.30. The molecule has 1 unspecified atom stereocenters. The maximum Gasteiger partial charge on any atom is 0.305 e. The number of nitrogens with zero attached hydrogens (tertiary/aromatic N) is 1. The molecular weight excluding hydrogens is 242 g/mol. The first-order chi connectivity index (χ1) is 7.95. The van der Waals surface area contributed by atoms with Gasteiger partial charge in [0.15, 0.2) is 0 Å². The van der Waals surface area contributed by atoms with E-state index in [2.05, 4.69) is 0 Å². The van der Waals surface area contributed by atoms with E-state index in [-0.39, 0.29) is 12.5 Å². The van der Waals surface area contributed by atoms with Gasteiger partial charge in [-0.05, 0) is 19.1 Å². The molecule has 94 valence electrons. The Bertz CT molecular complexity index is 409. The average molecular weight is 258 g/mol. The van der Waals surface area contributed by atoms with Gasteiger partial charge in [-0.3, -0.25) is 4.79 Å². The Morgan fingerprint density at radius 2 is 2.24 bits per heavy atom. The molecule has 5 heteroatoms. The van der Waals surface area contributed by atoms with E-state index >= 15 is 0 Å². The Morgan fingerprint density at radius 1 is 1.59 bits per heavy atom. The molecule has 0 bridgehead atoms. The van der Waals surface area contributed by atoms with E-state index < -0.39 is 5.97 Å². The Kier molecular flexibility index (Phi) is 4.63. The van der Waals surface area contributed by atoms with E-state index in [9.17, 15) is 4.79 Å². The van der Waals surface area contributed by atoms with Crippen LogP contribution in [0.1, 0.15) is 13.3 Å². The van der Waals surface area contributed by atoms with E-state index in [1.54, 1.807) is 19.2 Å². The minimum Gasteiger partial charge on any atom is -0.497 e. The summed E-state index contributed by atoms with van der Waals surface area (Å²) in [7, 11) is 3.39. The second-order valence-electron chi connectivity index (χ2n) is 3.88. The van der Waals surface area contributed by atoms with E-state index in [0.717, 1.165) is 5.69 Å². The van der Waals surface area contributed by atoms with Gasteiger partial charge in [-0.15, -0.1) is 0 Å². The summed E-state index contributed by atoms with van der Waals surface area (Å²) < 4.78 is 5.06. The average Bonchev–Trinajstić information content (AvgIpc) is 2.27. The van der Waals surface area contributed by atoms with Gasteiger partial charge in [0.25, 0.3) is 0 Å². The van der Waals surface area contributed by atoms with Crippen LogP contribution in [0.2, 0.25) is 5.02 Å². The van der Waals surface area contributed by atoms with Gasteiger partial charge >= 0.3 is 5.97 Å². The highest BCUT2D eigenvalue weighted by atomic mass is 35.5. The molecule has 4 nitrogen and oxygen atoms in total. The van der Waals surface area contributed by atoms with E-state index in [1.165, 1.54) is 0 Å². The van der Waals surface area contributed by atoms with E-state index in [4.69, 9.17) is 21.4 Å². The zero-order valence-corrected chi connectivity index (χ0v) is 10.9. The lowest BCUT2D eigenvalue weighted by Crippen LogP contribution is -2.31. The van der Waals surface area contributed by atoms with Gasteiger partial charge in [-0.2, -0.15) is 0 Å². The normalized spacial score (nSPS) is 12.0. The number of methoxy groups -OCH3 is 1. The molecule has 0 aromatic heterocycles. The van der Waals surface area contributed by atoms with Crippen LogP contribution in [0.3, 0.4) is 0 Å². The lowest BCUT2D eigenvalue weighted by Gasteiger charge is -2.26. The van der Waals surface area contributed by atoms with Gasteiger partial charge in [0.1, 0.15) is 5.75 Å². The monoisotopic (exact) mass is 257 g/mol. The Hall–Kier alpha value is -1.42. The van der Waals surface area contributed by atoms with Crippen LogP contribution in [-0.4, -0.2) is 31.3 Å². The number of carbonyl (C=O) groups is 1. The lowest BCUT2D eigenvalue weighted by molar-refractivity contribution is -0.137. The van der Waals surface area contributed by atoms with Gasteiger partial charge in [-0.25, -0.2) is 0 Å². The fourth-order valence-electron chi connectivity index (χ4n) is 1.53. The van der Waals surface area contributed by atoms with Gasteiger partial charge in [-0.1, -0.05) is 11.6 Å². The van der Waals surface area contributed by atoms with Crippen LogP contribution in [-0.2, 0) is 4.79 Å². The van der Waals surface area contributed by atoms with Gasteiger partial charge in [0.05, 0.1) is 24.2 Å². The van der Waals surface area contributed by atoms with Crippen molar-refractivity contribution in [1.29, 1.82) is 0 Å². The number of ether oxygens (including phenoxy) is 1. The molecule has 1 aromatic carbocycles. The zero-order chi connectivity index (χ0) is 13.0. The third-order valence-corrected chi connectivity index (χ3v) is 2.97. The minimum atomic E-state index is -0.825. The Labute approximate surface area is 106 Å². The number of aliphatic carboxylic acids is 1. The van der Waals surface area contributed by atoms with Crippen LogP contribution >= 0.6 is 11.6 Å². The molecule has 0 heterocycles. The number of benzene rings is 1. The zero-order valence-electron chi connectivity index (χ0n) is 10.1. The number of rotatable bonds is 5. The molecule has 0 fully saturated rings. The number of carboxylic acid groups (broad SMARTS) is 1. The second kappa shape index (κ2) is 5.77. The molecule has 0 saturated heterocycles. The minimum absolute atomic E-state index is 0.0683. The van der Waals surface area contributed by atoms with Crippen molar-refractivity contribution in [2.75, 3.05) is 19.1 Å². The van der Waals surface area contributed by atoms with Crippen LogP contribution in [0.4, 0.5) is 5.69 Å². The largest absolute Gasteiger partial charge is 0.497 e. The molecular formula is C12H16ClNO3. The number of carboxylic acids is 1. The third kappa shape index (κ3) is 3.53. The summed E-state index contributed by atoms with van der Waals surface area (Å²) >= 11 is 6.11. The number of anilines is 1. The molecule has 0 aliphatic rings. The van der Waals surface area contributed by atoms with Crippen molar-refractivity contribution in [3.05, 3.63) is 23.2 Å². The molecule has 0 amide bonds. The van der Waals surface area contributed by atoms with Gasteiger partial charge in [0.2, 0.25) is 0 Å². The van der Waals surface area contributed by atoms with Crippen LogP contribution in [0.15, 0.2) is 18.2 Å². The molecule has 0 spiro atoms. The molecule has 0 saturated carbocycles. The standard InChI is InChI=1S/C12H16ClNO3/c1-8(6-12(15)16)14(2)11-5-4-9(17-3)7-10(11)13/h4-5,7-8H,6H2,1-3H3,(H,15,16). The highest BCUT2D eigenvalue weighted by molar-refractivity contribution is 6.33. The fourth-order valence-corrected chi connectivity index (χ4v) is 1.83. The van der Waals surface area contributed by atoms with Crippen molar-refractivity contribution in [2.45, 2.75) is 19.4 Å². The summed E-state index contributed by atoms with van der Waals surface area (Å²) in [5.41, 5.74) is 0.793. The third-order valence-electron chi connectivity index (χ3n) is 2.67. The topological polar surface area (TPSA) is 49.8 Å². The Morgan fingerprint density at radius 3 is 2.71 bits per heavy atom. The van der Waals surface area contributed by atoms with Gasteiger partial charge in [0, 0.05) is 19.2 Å². The first-order valence-corrected chi connectivity index (χ1v) is 5.61. The molecule has 1 N–H and O–H groups in total. The maximum atomic E-state index is 10.7. The predicted octanol–water partition coefficient (Wildman–Crippen LogP) is 2.65.